The summed E-state index contributed by atoms with van der Waals surface area (Å²) < 4.78 is 0. The van der Waals surface area contributed by atoms with Crippen LogP contribution in [-0.4, -0.2) is 57.3 Å². The largest absolute Gasteiger partial charge is 0.394 e. The van der Waals surface area contributed by atoms with E-state index in [1.165, 1.54) is 70.6 Å². The van der Waals surface area contributed by atoms with E-state index in [2.05, 4.69) is 43.5 Å². The molecular weight excluding hydrogens is 490 g/mol. The van der Waals surface area contributed by atoms with E-state index in [4.69, 9.17) is 0 Å². The van der Waals surface area contributed by atoms with Crippen LogP contribution in [0.25, 0.3) is 0 Å². The lowest BCUT2D eigenvalue weighted by atomic mass is 10.00. The van der Waals surface area contributed by atoms with Crippen LogP contribution in [0, 0.1) is 0 Å². The molecule has 0 rings (SSSR count). The Kier molecular flexibility index (Phi) is 27.4. The third kappa shape index (κ3) is 23.2. The lowest BCUT2D eigenvalue weighted by molar-refractivity contribution is -0.132. The van der Waals surface area contributed by atoms with Crippen LogP contribution in [0.2, 0.25) is 0 Å². The molecule has 0 saturated heterocycles. The summed E-state index contributed by atoms with van der Waals surface area (Å²) in [6.07, 6.45) is 27.7. The lowest BCUT2D eigenvalue weighted by Crippen LogP contribution is -2.53. The van der Waals surface area contributed by atoms with Crippen molar-refractivity contribution in [2.45, 2.75) is 173 Å². The molecular formula is C33H63NO5. The van der Waals surface area contributed by atoms with Gasteiger partial charge >= 0.3 is 0 Å². The van der Waals surface area contributed by atoms with Crippen LogP contribution in [0.15, 0.2) is 24.3 Å². The van der Waals surface area contributed by atoms with Gasteiger partial charge in [0.15, 0.2) is 0 Å². The van der Waals surface area contributed by atoms with Gasteiger partial charge in [-0.15, -0.1) is 0 Å². The highest BCUT2D eigenvalue weighted by molar-refractivity contribution is 5.80. The Morgan fingerprint density at radius 3 is 1.62 bits per heavy atom. The molecule has 0 heterocycles. The number of carbonyl (C=O) groups is 1. The number of unbranched alkanes of at least 4 members (excludes halogenated alkanes) is 15. The minimum Gasteiger partial charge on any atom is -0.394 e. The van der Waals surface area contributed by atoms with Gasteiger partial charge < -0.3 is 25.7 Å². The molecule has 6 heteroatoms. The Hall–Kier alpha value is -1.21. The summed E-state index contributed by atoms with van der Waals surface area (Å²) in [5.74, 6) is -0.602. The van der Waals surface area contributed by atoms with Crippen LogP contribution >= 0.6 is 0 Å². The van der Waals surface area contributed by atoms with Crippen LogP contribution < -0.4 is 5.32 Å². The van der Waals surface area contributed by atoms with Gasteiger partial charge in [0.1, 0.15) is 12.2 Å². The second kappa shape index (κ2) is 28.3. The maximum Gasteiger partial charge on any atom is 0.249 e. The molecule has 0 bridgehead atoms. The van der Waals surface area contributed by atoms with Gasteiger partial charge in [0.05, 0.1) is 18.8 Å². The second-order valence-electron chi connectivity index (χ2n) is 11.1. The zero-order valence-electron chi connectivity index (χ0n) is 25.4. The standard InChI is InChI=1S/C33H63NO5/c1-3-5-7-9-11-13-15-16-17-19-21-23-25-27-31(37)33(39)34-29(28-35)32(38)30(36)26-24-22-20-18-14-12-10-8-6-4-2/h8,10,18,20,29-32,35-38H,3-7,9,11-17,19,21-28H2,1-2H3,(H,34,39)/b10-8+,20-18+. The molecule has 0 radical (unpaired) electrons. The molecule has 5 N–H and O–H groups in total. The van der Waals surface area contributed by atoms with Crippen molar-refractivity contribution in [2.75, 3.05) is 6.61 Å². The summed E-state index contributed by atoms with van der Waals surface area (Å²) in [6, 6.07) is -1.00. The van der Waals surface area contributed by atoms with E-state index in [1.54, 1.807) is 0 Å². The molecule has 4 atom stereocenters. The molecule has 230 valence electrons. The maximum atomic E-state index is 12.4. The minimum absolute atomic E-state index is 0.362. The summed E-state index contributed by atoms with van der Waals surface area (Å²) in [6.45, 7) is 3.91. The van der Waals surface area contributed by atoms with Crippen molar-refractivity contribution in [1.29, 1.82) is 0 Å². The Bertz CT molecular complexity index is 595. The summed E-state index contributed by atoms with van der Waals surface area (Å²) in [7, 11) is 0. The fourth-order valence-corrected chi connectivity index (χ4v) is 4.72. The van der Waals surface area contributed by atoms with Gasteiger partial charge in [-0.05, 0) is 44.9 Å². The summed E-state index contributed by atoms with van der Waals surface area (Å²) >= 11 is 0. The fraction of sp³-hybridized carbons (Fsp3) is 0.848. The molecule has 0 aliphatic carbocycles. The third-order valence-electron chi connectivity index (χ3n) is 7.37. The zero-order chi connectivity index (χ0) is 29.0. The highest BCUT2D eigenvalue weighted by Gasteiger charge is 2.28. The van der Waals surface area contributed by atoms with Crippen molar-refractivity contribution in [3.05, 3.63) is 24.3 Å². The average molecular weight is 554 g/mol. The number of nitrogens with one attached hydrogen (secondary N) is 1. The van der Waals surface area contributed by atoms with Crippen LogP contribution in [-0.2, 0) is 4.79 Å². The minimum atomic E-state index is -1.28. The molecule has 39 heavy (non-hydrogen) atoms. The number of aliphatic hydroxyl groups excluding tert-OH is 4. The van der Waals surface area contributed by atoms with Gasteiger partial charge in [-0.1, -0.05) is 128 Å². The molecule has 6 nitrogen and oxygen atoms in total. The molecule has 0 aliphatic heterocycles. The summed E-state index contributed by atoms with van der Waals surface area (Å²) in [5, 5.41) is 43.1. The number of aliphatic hydroxyl groups is 4. The summed E-state index contributed by atoms with van der Waals surface area (Å²) in [4.78, 5) is 12.4. The van der Waals surface area contributed by atoms with Gasteiger partial charge in [-0.3, -0.25) is 4.79 Å². The molecule has 0 aromatic heterocycles. The van der Waals surface area contributed by atoms with Crippen molar-refractivity contribution in [3.63, 3.8) is 0 Å². The number of amides is 1. The summed E-state index contributed by atoms with van der Waals surface area (Å²) in [5.41, 5.74) is 0. The van der Waals surface area contributed by atoms with E-state index in [0.29, 0.717) is 19.3 Å². The highest BCUT2D eigenvalue weighted by Crippen LogP contribution is 2.14. The quantitative estimate of drug-likeness (QED) is 0.0535. The average Bonchev–Trinajstić information content (AvgIpc) is 2.94. The Morgan fingerprint density at radius 2 is 1.10 bits per heavy atom. The first-order valence-corrected chi connectivity index (χ1v) is 16.2. The van der Waals surface area contributed by atoms with Crippen LogP contribution in [0.3, 0.4) is 0 Å². The predicted molar refractivity (Wildman–Crippen MR) is 164 cm³/mol. The lowest BCUT2D eigenvalue weighted by Gasteiger charge is -2.27. The van der Waals surface area contributed by atoms with Crippen LogP contribution in [0.5, 0.6) is 0 Å². The van der Waals surface area contributed by atoms with Crippen molar-refractivity contribution in [3.8, 4) is 0 Å². The van der Waals surface area contributed by atoms with E-state index in [9.17, 15) is 25.2 Å². The normalized spacial score (nSPS) is 15.1. The van der Waals surface area contributed by atoms with Gasteiger partial charge in [-0.2, -0.15) is 0 Å². The van der Waals surface area contributed by atoms with E-state index in [0.717, 1.165) is 44.9 Å². The smallest absolute Gasteiger partial charge is 0.249 e. The van der Waals surface area contributed by atoms with Gasteiger partial charge in [0.2, 0.25) is 5.91 Å². The Balaban J connectivity index is 3.93. The molecule has 0 aromatic rings. The number of allylic oxidation sites excluding steroid dienone is 4. The first-order valence-electron chi connectivity index (χ1n) is 16.2. The SMILES string of the molecule is CCC/C=C/CC/C=C/CCCC(O)C(O)C(CO)NC(=O)C(O)CCCCCCCCCCCCCCC. The molecule has 4 unspecified atom stereocenters. The van der Waals surface area contributed by atoms with Crippen molar-refractivity contribution in [1.82, 2.24) is 5.32 Å². The third-order valence-corrected chi connectivity index (χ3v) is 7.37. The molecule has 0 aliphatic rings. The maximum absolute atomic E-state index is 12.4. The van der Waals surface area contributed by atoms with Gasteiger partial charge in [-0.25, -0.2) is 0 Å². The van der Waals surface area contributed by atoms with Crippen LogP contribution in [0.1, 0.15) is 149 Å². The molecule has 1 amide bonds. The van der Waals surface area contributed by atoms with Crippen molar-refractivity contribution >= 4 is 5.91 Å². The highest BCUT2D eigenvalue weighted by atomic mass is 16.3. The molecule has 0 aromatic carbocycles. The zero-order valence-corrected chi connectivity index (χ0v) is 25.4. The number of hydrogen-bond acceptors (Lipinski definition) is 5. The number of rotatable bonds is 28. The predicted octanol–water partition coefficient (Wildman–Crippen LogP) is 6.89. The van der Waals surface area contributed by atoms with E-state index in [1.807, 2.05) is 0 Å². The second-order valence-corrected chi connectivity index (χ2v) is 11.1. The molecule has 0 spiro atoms. The van der Waals surface area contributed by atoms with Crippen molar-refractivity contribution in [2.24, 2.45) is 0 Å². The van der Waals surface area contributed by atoms with Crippen LogP contribution in [0.4, 0.5) is 0 Å². The van der Waals surface area contributed by atoms with Gasteiger partial charge in [0.25, 0.3) is 0 Å². The first kappa shape index (κ1) is 37.8. The topological polar surface area (TPSA) is 110 Å². The number of hydrogen-bond donors (Lipinski definition) is 5. The van der Waals surface area contributed by atoms with Crippen molar-refractivity contribution < 1.29 is 25.2 Å². The molecule has 0 fully saturated rings. The monoisotopic (exact) mass is 553 g/mol. The van der Waals surface area contributed by atoms with Gasteiger partial charge in [0, 0.05) is 0 Å². The Morgan fingerprint density at radius 1 is 0.615 bits per heavy atom. The molecule has 0 saturated carbocycles. The van der Waals surface area contributed by atoms with E-state index < -0.39 is 36.9 Å². The van der Waals surface area contributed by atoms with E-state index in [-0.39, 0.29) is 0 Å². The number of carbonyl (C=O) groups excluding carboxylic acids is 1. The first-order chi connectivity index (χ1) is 19.0. The fourth-order valence-electron chi connectivity index (χ4n) is 4.72. The van der Waals surface area contributed by atoms with E-state index >= 15 is 0 Å². The Labute approximate surface area is 240 Å².